The summed E-state index contributed by atoms with van der Waals surface area (Å²) in [5.74, 6) is -2.56. The van der Waals surface area contributed by atoms with Crippen molar-refractivity contribution in [1.29, 1.82) is 0 Å². The van der Waals surface area contributed by atoms with Crippen molar-refractivity contribution in [3.05, 3.63) is 47.5 Å². The highest BCUT2D eigenvalue weighted by Crippen LogP contribution is 2.38. The highest BCUT2D eigenvalue weighted by Gasteiger charge is 2.32. The lowest BCUT2D eigenvalue weighted by atomic mass is 9.72. The van der Waals surface area contributed by atoms with E-state index in [2.05, 4.69) is 20.4 Å². The summed E-state index contributed by atoms with van der Waals surface area (Å²) in [7, 11) is 0. The monoisotopic (exact) mass is 672 g/mol. The van der Waals surface area contributed by atoms with Crippen molar-refractivity contribution in [2.24, 2.45) is 40.2 Å². The van der Waals surface area contributed by atoms with E-state index < -0.39 is 23.9 Å². The molecule has 0 bridgehead atoms. The Morgan fingerprint density at radius 3 is 1.78 bits per heavy atom. The Kier molecular flexibility index (Phi) is 25.6. The molecule has 1 unspecified atom stereocenters. The van der Waals surface area contributed by atoms with Gasteiger partial charge >= 0.3 is 23.9 Å². The molecule has 0 aromatic heterocycles. The largest absolute Gasteiger partial charge is 0.481 e. The maximum Gasteiger partial charge on any atom is 0.304 e. The molecule has 1 aliphatic rings. The van der Waals surface area contributed by atoms with Gasteiger partial charge in [0.25, 0.3) is 0 Å². The molecule has 46 heavy (non-hydrogen) atoms. The smallest absolute Gasteiger partial charge is 0.304 e. The second kappa shape index (κ2) is 26.1. The van der Waals surface area contributed by atoms with E-state index in [-0.39, 0.29) is 49.0 Å². The molecule has 12 nitrogen and oxygen atoms in total. The third kappa shape index (κ3) is 24.2. The lowest BCUT2D eigenvalue weighted by Gasteiger charge is -2.34. The van der Waals surface area contributed by atoms with Crippen molar-refractivity contribution >= 4 is 35.5 Å². The molecule has 13 heteroatoms. The lowest BCUT2D eigenvalue weighted by Crippen LogP contribution is -2.34. The van der Waals surface area contributed by atoms with Crippen LogP contribution >= 0.6 is 11.6 Å². The summed E-state index contributed by atoms with van der Waals surface area (Å²) in [6.45, 7) is 8.90. The first-order chi connectivity index (χ1) is 21.5. The van der Waals surface area contributed by atoms with E-state index in [4.69, 9.17) is 55.0 Å². The molecule has 2 rings (SSSR count). The Balaban J connectivity index is 0. The predicted octanol–water partition coefficient (Wildman–Crippen LogP) is 4.67. The maximum absolute atomic E-state index is 10.6. The van der Waals surface area contributed by atoms with Gasteiger partial charge in [0.1, 0.15) is 0 Å². The van der Waals surface area contributed by atoms with Crippen LogP contribution in [0, 0.1) is 17.3 Å². The van der Waals surface area contributed by atoms with Crippen molar-refractivity contribution in [2.45, 2.75) is 96.4 Å². The van der Waals surface area contributed by atoms with E-state index in [1.54, 1.807) is 18.2 Å². The molecule has 1 aromatic rings. The standard InChI is InChI=1S/C10H12ClNO2.C9H17NO2.C8H17NO2.C6H11NO2/c11-9-3-1-7(2-4-9)8(6-12)5-10(13)14;10-7-9(6-8(11)12)4-2-1-3-5-9;1-6(2)3-7(5-9)4-8(10)11;1-2-5(7)3-4-6(8)9/h1-4,8H,5-6,12H2,(H,13,14);1-7,10H2,(H,11,12);6-7H,3-5,9H2,1-2H3,(H,10,11);2,5H,1,3-4,7H2,(H,8,9)/t8-;;;5-/m1..1/s1. The molecule has 0 heterocycles. The van der Waals surface area contributed by atoms with Crippen LogP contribution in [0.2, 0.25) is 5.02 Å². The van der Waals surface area contributed by atoms with Gasteiger partial charge < -0.3 is 43.4 Å². The summed E-state index contributed by atoms with van der Waals surface area (Å²) in [6, 6.07) is 6.91. The Bertz CT molecular complexity index is 1020. The molecule has 1 aliphatic carbocycles. The van der Waals surface area contributed by atoms with Crippen LogP contribution in [0.25, 0.3) is 0 Å². The molecule has 1 saturated carbocycles. The maximum atomic E-state index is 10.6. The van der Waals surface area contributed by atoms with E-state index in [0.29, 0.717) is 37.0 Å². The zero-order valence-corrected chi connectivity index (χ0v) is 28.2. The average molecular weight is 673 g/mol. The number of carboxylic acids is 4. The van der Waals surface area contributed by atoms with Crippen LogP contribution in [0.4, 0.5) is 0 Å². The number of hydrogen-bond acceptors (Lipinski definition) is 8. The second-order valence-electron chi connectivity index (χ2n) is 12.1. The van der Waals surface area contributed by atoms with Crippen LogP contribution in [0.5, 0.6) is 0 Å². The fourth-order valence-electron chi connectivity index (χ4n) is 4.94. The first-order valence-corrected chi connectivity index (χ1v) is 16.0. The van der Waals surface area contributed by atoms with Crippen LogP contribution in [-0.2, 0) is 19.2 Å². The highest BCUT2D eigenvalue weighted by atomic mass is 35.5. The minimum atomic E-state index is -0.838. The van der Waals surface area contributed by atoms with Gasteiger partial charge in [-0.25, -0.2) is 0 Å². The molecule has 1 aromatic carbocycles. The van der Waals surface area contributed by atoms with Crippen LogP contribution in [0.3, 0.4) is 0 Å². The minimum Gasteiger partial charge on any atom is -0.481 e. The number of halogens is 1. The molecule has 0 saturated heterocycles. The van der Waals surface area contributed by atoms with Crippen molar-refractivity contribution in [3.8, 4) is 0 Å². The summed E-state index contributed by atoms with van der Waals surface area (Å²) in [5, 5.41) is 34.6. The van der Waals surface area contributed by atoms with E-state index in [1.165, 1.54) is 6.42 Å². The number of rotatable bonds is 16. The molecule has 1 fully saturated rings. The number of carboxylic acid groups (broad SMARTS) is 4. The number of nitrogens with two attached hydrogens (primary N) is 4. The summed E-state index contributed by atoms with van der Waals surface area (Å²) < 4.78 is 0. The van der Waals surface area contributed by atoms with E-state index in [1.807, 2.05) is 12.1 Å². The Morgan fingerprint density at radius 1 is 0.870 bits per heavy atom. The van der Waals surface area contributed by atoms with Crippen molar-refractivity contribution < 1.29 is 39.6 Å². The van der Waals surface area contributed by atoms with Crippen LogP contribution in [-0.4, -0.2) is 70.0 Å². The number of carbonyl (C=O) groups is 4. The van der Waals surface area contributed by atoms with Crippen molar-refractivity contribution in [1.82, 2.24) is 0 Å². The van der Waals surface area contributed by atoms with Gasteiger partial charge in [-0.1, -0.05) is 62.9 Å². The third-order valence-corrected chi connectivity index (χ3v) is 7.77. The van der Waals surface area contributed by atoms with Gasteiger partial charge in [-0.2, -0.15) is 0 Å². The number of hydrogen-bond donors (Lipinski definition) is 8. The quantitative estimate of drug-likeness (QED) is 0.111. The SMILES string of the molecule is C=C[C@@H](N)CCC(=O)O.CC(C)CC(CN)CC(=O)O.NCC1(CC(=O)O)CCCCC1.NC[C@@H](CC(=O)O)c1ccc(Cl)cc1. The van der Waals surface area contributed by atoms with Crippen LogP contribution in [0.1, 0.15) is 96.0 Å². The first kappa shape index (κ1) is 45.1. The van der Waals surface area contributed by atoms with Gasteiger partial charge in [0.2, 0.25) is 0 Å². The van der Waals surface area contributed by atoms with Crippen LogP contribution < -0.4 is 22.9 Å². The molecule has 0 amide bonds. The Morgan fingerprint density at radius 2 is 1.41 bits per heavy atom. The van der Waals surface area contributed by atoms with E-state index >= 15 is 0 Å². The molecule has 264 valence electrons. The second-order valence-corrected chi connectivity index (χ2v) is 12.5. The fourth-order valence-corrected chi connectivity index (χ4v) is 5.07. The summed E-state index contributed by atoms with van der Waals surface area (Å²) in [5.41, 5.74) is 22.7. The lowest BCUT2D eigenvalue weighted by molar-refractivity contribution is -0.140. The minimum absolute atomic E-state index is 0.0537. The zero-order valence-electron chi connectivity index (χ0n) is 27.4. The number of aliphatic carboxylic acids is 4. The first-order valence-electron chi connectivity index (χ1n) is 15.7. The topological polar surface area (TPSA) is 253 Å². The number of benzene rings is 1. The van der Waals surface area contributed by atoms with Gasteiger partial charge in [-0.05, 0) is 80.3 Å². The van der Waals surface area contributed by atoms with Gasteiger partial charge in [-0.3, -0.25) is 19.2 Å². The third-order valence-electron chi connectivity index (χ3n) is 7.52. The van der Waals surface area contributed by atoms with Crippen molar-refractivity contribution in [3.63, 3.8) is 0 Å². The summed E-state index contributed by atoms with van der Waals surface area (Å²) in [4.78, 5) is 41.3. The molecule has 12 N–H and O–H groups in total. The zero-order chi connectivity index (χ0) is 35.7. The molecule has 0 aliphatic heterocycles. The molecular weight excluding hydrogens is 616 g/mol. The molecular formula is C33H57ClN4O8. The summed E-state index contributed by atoms with van der Waals surface area (Å²) >= 11 is 5.72. The summed E-state index contributed by atoms with van der Waals surface area (Å²) in [6.07, 6.45) is 9.07. The van der Waals surface area contributed by atoms with Crippen LogP contribution in [0.15, 0.2) is 36.9 Å². The van der Waals surface area contributed by atoms with Crippen molar-refractivity contribution in [2.75, 3.05) is 19.6 Å². The van der Waals surface area contributed by atoms with Gasteiger partial charge in [-0.15, -0.1) is 6.58 Å². The fraction of sp³-hybridized carbons (Fsp3) is 0.636. The van der Waals surface area contributed by atoms with Gasteiger partial charge in [0, 0.05) is 29.8 Å². The Hall–Kier alpha value is -3.03. The predicted molar refractivity (Wildman–Crippen MR) is 182 cm³/mol. The normalized spacial score (nSPS) is 15.2. The van der Waals surface area contributed by atoms with E-state index in [0.717, 1.165) is 37.7 Å². The Labute approximate surface area is 278 Å². The highest BCUT2D eigenvalue weighted by molar-refractivity contribution is 6.30. The van der Waals surface area contributed by atoms with E-state index in [9.17, 15) is 19.2 Å². The molecule has 0 spiro atoms. The molecule has 0 radical (unpaired) electrons. The molecule has 3 atom stereocenters. The van der Waals surface area contributed by atoms with Gasteiger partial charge in [0.15, 0.2) is 0 Å². The average Bonchev–Trinajstić information content (AvgIpc) is 2.99. The van der Waals surface area contributed by atoms with Gasteiger partial charge in [0.05, 0.1) is 12.8 Å².